The fraction of sp³-hybridized carbons (Fsp3) is 0.950. The molecule has 0 rings (SSSR count). The van der Waals surface area contributed by atoms with E-state index in [0.29, 0.717) is 19.3 Å². The van der Waals surface area contributed by atoms with Crippen LogP contribution in [0.5, 0.6) is 0 Å². The van der Waals surface area contributed by atoms with Gasteiger partial charge in [0.2, 0.25) is 0 Å². The van der Waals surface area contributed by atoms with E-state index in [0.717, 1.165) is 69.6 Å². The average Bonchev–Trinajstić information content (AvgIpc) is 3.30. The van der Waals surface area contributed by atoms with E-state index in [2.05, 4.69) is 34.6 Å². The lowest BCUT2D eigenvalue weighted by Gasteiger charge is -2.18. The number of ether oxygens (including phenoxy) is 3. The normalized spacial score (nSPS) is 12.5. The molecule has 0 aliphatic carbocycles. The Hall–Kier alpha value is -1.59. The molecule has 0 bridgehead atoms. The van der Waals surface area contributed by atoms with Gasteiger partial charge in [-0.2, -0.15) is 0 Å². The summed E-state index contributed by atoms with van der Waals surface area (Å²) in [4.78, 5) is 38.1. The Bertz CT molecular complexity index is 1010. The molecule has 0 aromatic rings. The summed E-state index contributed by atoms with van der Waals surface area (Å²) in [5.41, 5.74) is 0. The quantitative estimate of drug-likeness (QED) is 0.0343. The Kier molecular flexibility index (Phi) is 51.5. The number of esters is 3. The molecular formula is C60H116O6. The predicted molar refractivity (Wildman–Crippen MR) is 284 cm³/mol. The van der Waals surface area contributed by atoms with Crippen molar-refractivity contribution in [3.05, 3.63) is 0 Å². The molecular weight excluding hydrogens is 817 g/mol. The maximum atomic E-state index is 12.8. The topological polar surface area (TPSA) is 78.9 Å². The molecule has 0 fully saturated rings. The molecule has 0 aliphatic heterocycles. The Labute approximate surface area is 412 Å². The largest absolute Gasteiger partial charge is 0.462 e. The molecule has 0 N–H and O–H groups in total. The van der Waals surface area contributed by atoms with E-state index in [1.54, 1.807) is 0 Å². The zero-order valence-electron chi connectivity index (χ0n) is 45.3. The fourth-order valence-electron chi connectivity index (χ4n) is 9.20. The number of rotatable bonds is 54. The highest BCUT2D eigenvalue weighted by Gasteiger charge is 2.19. The van der Waals surface area contributed by atoms with E-state index >= 15 is 0 Å². The van der Waals surface area contributed by atoms with Crippen LogP contribution >= 0.6 is 0 Å². The third-order valence-corrected chi connectivity index (χ3v) is 14.1. The van der Waals surface area contributed by atoms with Crippen molar-refractivity contribution in [2.45, 2.75) is 343 Å². The number of hydrogen-bond donors (Lipinski definition) is 0. The highest BCUT2D eigenvalue weighted by Crippen LogP contribution is 2.19. The minimum absolute atomic E-state index is 0.0631. The van der Waals surface area contributed by atoms with Crippen molar-refractivity contribution in [1.82, 2.24) is 0 Å². The number of carbonyl (C=O) groups is 3. The van der Waals surface area contributed by atoms with Crippen LogP contribution in [0.4, 0.5) is 0 Å². The van der Waals surface area contributed by atoms with Crippen LogP contribution in [0.2, 0.25) is 0 Å². The van der Waals surface area contributed by atoms with Crippen molar-refractivity contribution in [1.29, 1.82) is 0 Å². The molecule has 6 nitrogen and oxygen atoms in total. The maximum Gasteiger partial charge on any atom is 0.306 e. The van der Waals surface area contributed by atoms with Crippen LogP contribution in [0.25, 0.3) is 0 Å². The Balaban J connectivity index is 4.19. The summed E-state index contributed by atoms with van der Waals surface area (Å²) in [7, 11) is 0. The first kappa shape index (κ1) is 64.4. The third-order valence-electron chi connectivity index (χ3n) is 14.1. The average molecular weight is 934 g/mol. The summed E-state index contributed by atoms with van der Waals surface area (Å²) < 4.78 is 16.9. The first-order chi connectivity index (χ1) is 32.3. The molecule has 0 aliphatic rings. The molecule has 0 amide bonds. The Morgan fingerprint density at radius 2 is 0.576 bits per heavy atom. The van der Waals surface area contributed by atoms with Gasteiger partial charge in [-0.25, -0.2) is 0 Å². The van der Waals surface area contributed by atoms with Crippen molar-refractivity contribution < 1.29 is 28.6 Å². The minimum Gasteiger partial charge on any atom is -0.462 e. The summed E-state index contributed by atoms with van der Waals surface area (Å²) in [6, 6.07) is 0. The third kappa shape index (κ3) is 51.8. The Morgan fingerprint density at radius 1 is 0.318 bits per heavy atom. The van der Waals surface area contributed by atoms with Crippen LogP contribution in [-0.4, -0.2) is 37.2 Å². The molecule has 6 heteroatoms. The molecule has 1 unspecified atom stereocenters. The van der Waals surface area contributed by atoms with Crippen LogP contribution in [-0.2, 0) is 28.6 Å². The summed E-state index contributed by atoms with van der Waals surface area (Å²) in [5, 5.41) is 0. The van der Waals surface area contributed by atoms with Gasteiger partial charge >= 0.3 is 17.9 Å². The molecule has 0 saturated carbocycles. The number of carbonyl (C=O) groups excluding carboxylic acids is 3. The van der Waals surface area contributed by atoms with Crippen molar-refractivity contribution in [2.75, 3.05) is 13.2 Å². The predicted octanol–water partition coefficient (Wildman–Crippen LogP) is 19.7. The van der Waals surface area contributed by atoms with E-state index in [4.69, 9.17) is 14.2 Å². The van der Waals surface area contributed by atoms with Crippen molar-refractivity contribution >= 4 is 17.9 Å². The van der Waals surface area contributed by atoms with E-state index in [9.17, 15) is 14.4 Å². The second-order valence-electron chi connectivity index (χ2n) is 21.4. The van der Waals surface area contributed by atoms with Gasteiger partial charge in [-0.15, -0.1) is 0 Å². The first-order valence-electron chi connectivity index (χ1n) is 29.8. The first-order valence-corrected chi connectivity index (χ1v) is 29.8. The summed E-state index contributed by atoms with van der Waals surface area (Å²) in [6.07, 6.45) is 56.8. The van der Waals surface area contributed by atoms with E-state index in [1.165, 1.54) is 225 Å². The minimum atomic E-state index is -0.763. The summed E-state index contributed by atoms with van der Waals surface area (Å²) in [6.45, 7) is 11.4. The molecule has 0 radical (unpaired) electrons. The second kappa shape index (κ2) is 52.8. The fourth-order valence-corrected chi connectivity index (χ4v) is 9.20. The smallest absolute Gasteiger partial charge is 0.306 e. The molecule has 66 heavy (non-hydrogen) atoms. The SMILES string of the molecule is CCCCCCCCCCCCCCCCCCC(=O)O[C@@H](COC(=O)CCCCCCCCCCCCCCCCCCCCC(C)CC)COC(=O)CCCCCCCCCC(C)C. The molecule has 0 aromatic heterocycles. The van der Waals surface area contributed by atoms with Gasteiger partial charge in [-0.3, -0.25) is 14.4 Å². The molecule has 2 atom stereocenters. The zero-order chi connectivity index (χ0) is 48.2. The van der Waals surface area contributed by atoms with Crippen molar-refractivity contribution in [3.63, 3.8) is 0 Å². The number of hydrogen-bond acceptors (Lipinski definition) is 6. The lowest BCUT2D eigenvalue weighted by molar-refractivity contribution is -0.167. The zero-order valence-corrected chi connectivity index (χ0v) is 45.3. The van der Waals surface area contributed by atoms with E-state index in [1.807, 2.05) is 0 Å². The molecule has 0 saturated heterocycles. The molecule has 392 valence electrons. The van der Waals surface area contributed by atoms with Gasteiger partial charge in [0.25, 0.3) is 0 Å². The summed E-state index contributed by atoms with van der Waals surface area (Å²) >= 11 is 0. The standard InChI is InChI=1S/C60H116O6/c1-6-8-9-10-11-12-13-14-15-21-25-28-31-36-42-47-52-60(63)66-57(54-65-59(62)51-46-41-37-32-33-38-43-48-55(3)4)53-64-58(61)50-45-40-35-30-27-24-22-19-17-16-18-20-23-26-29-34-39-44-49-56(5)7-2/h55-57H,6-54H2,1-5H3/t56?,57-/m0/s1. The molecule has 0 heterocycles. The van der Waals surface area contributed by atoms with Crippen LogP contribution in [0.3, 0.4) is 0 Å². The number of unbranched alkanes of at least 4 members (excludes halogenated alkanes) is 38. The van der Waals surface area contributed by atoms with Gasteiger partial charge in [0.1, 0.15) is 13.2 Å². The van der Waals surface area contributed by atoms with Crippen LogP contribution in [0, 0.1) is 11.8 Å². The van der Waals surface area contributed by atoms with Gasteiger partial charge in [0.05, 0.1) is 0 Å². The summed E-state index contributed by atoms with van der Waals surface area (Å²) in [5.74, 6) is 0.850. The Morgan fingerprint density at radius 3 is 0.864 bits per heavy atom. The highest BCUT2D eigenvalue weighted by atomic mass is 16.6. The van der Waals surface area contributed by atoms with E-state index < -0.39 is 6.10 Å². The van der Waals surface area contributed by atoms with Gasteiger partial charge in [-0.05, 0) is 31.1 Å². The van der Waals surface area contributed by atoms with Crippen molar-refractivity contribution in [2.24, 2.45) is 11.8 Å². The molecule has 0 aromatic carbocycles. The lowest BCUT2D eigenvalue weighted by atomic mass is 9.99. The van der Waals surface area contributed by atoms with Gasteiger partial charge < -0.3 is 14.2 Å². The van der Waals surface area contributed by atoms with Crippen molar-refractivity contribution in [3.8, 4) is 0 Å². The van der Waals surface area contributed by atoms with Crippen LogP contribution in [0.15, 0.2) is 0 Å². The molecule has 0 spiro atoms. The van der Waals surface area contributed by atoms with Gasteiger partial charge in [0, 0.05) is 19.3 Å². The van der Waals surface area contributed by atoms with Crippen LogP contribution in [0.1, 0.15) is 336 Å². The monoisotopic (exact) mass is 933 g/mol. The highest BCUT2D eigenvalue weighted by molar-refractivity contribution is 5.71. The van der Waals surface area contributed by atoms with Gasteiger partial charge in [-0.1, -0.05) is 298 Å². The second-order valence-corrected chi connectivity index (χ2v) is 21.4. The lowest BCUT2D eigenvalue weighted by Crippen LogP contribution is -2.30. The van der Waals surface area contributed by atoms with Gasteiger partial charge in [0.15, 0.2) is 6.10 Å². The van der Waals surface area contributed by atoms with E-state index in [-0.39, 0.29) is 31.1 Å². The maximum absolute atomic E-state index is 12.8. The van der Waals surface area contributed by atoms with Crippen LogP contribution < -0.4 is 0 Å².